The van der Waals surface area contributed by atoms with Crippen molar-refractivity contribution in [2.45, 2.75) is 9.79 Å². The predicted molar refractivity (Wildman–Crippen MR) is 78.5 cm³/mol. The standard InChI is InChI=1S/C13H8N2O3S2/c16-8-3-1-2-4-9(8)20-11-6-5-10-12(14-7-19-10)13(11)15(17)18/h1-7,16H. The molecule has 0 saturated carbocycles. The van der Waals surface area contributed by atoms with Gasteiger partial charge in [0, 0.05) is 0 Å². The SMILES string of the molecule is O=[N+]([O-])c1c(Sc2ccccc2O)ccc2scnc12. The van der Waals surface area contributed by atoms with Crippen molar-refractivity contribution in [3.05, 3.63) is 52.0 Å². The summed E-state index contributed by atoms with van der Waals surface area (Å²) in [7, 11) is 0. The molecule has 0 saturated heterocycles. The molecule has 3 rings (SSSR count). The number of rotatable bonds is 3. The van der Waals surface area contributed by atoms with E-state index in [-0.39, 0.29) is 11.4 Å². The Kier molecular flexibility index (Phi) is 3.29. The van der Waals surface area contributed by atoms with Gasteiger partial charge in [-0.2, -0.15) is 0 Å². The summed E-state index contributed by atoms with van der Waals surface area (Å²) in [5.41, 5.74) is 1.96. The van der Waals surface area contributed by atoms with Gasteiger partial charge in [0.2, 0.25) is 0 Å². The van der Waals surface area contributed by atoms with Crippen molar-refractivity contribution in [3.8, 4) is 5.75 Å². The third-order valence-corrected chi connectivity index (χ3v) is 4.62. The fourth-order valence-corrected chi connectivity index (χ4v) is 3.46. The molecule has 20 heavy (non-hydrogen) atoms. The normalized spacial score (nSPS) is 10.8. The van der Waals surface area contributed by atoms with Crippen molar-refractivity contribution >= 4 is 39.0 Å². The molecule has 0 bridgehead atoms. The Bertz CT molecular complexity index is 801. The first-order chi connectivity index (χ1) is 9.66. The van der Waals surface area contributed by atoms with Crippen LogP contribution in [0.4, 0.5) is 5.69 Å². The van der Waals surface area contributed by atoms with E-state index in [1.165, 1.54) is 11.3 Å². The smallest absolute Gasteiger partial charge is 0.310 e. The quantitative estimate of drug-likeness (QED) is 0.583. The second-order valence-electron chi connectivity index (χ2n) is 3.94. The molecule has 0 amide bonds. The first kappa shape index (κ1) is 12.9. The van der Waals surface area contributed by atoms with Crippen LogP contribution in [0.5, 0.6) is 5.75 Å². The summed E-state index contributed by atoms with van der Waals surface area (Å²) in [5.74, 6) is 0.102. The lowest BCUT2D eigenvalue weighted by Crippen LogP contribution is -1.92. The Labute approximate surface area is 122 Å². The van der Waals surface area contributed by atoms with E-state index in [0.717, 1.165) is 16.5 Å². The van der Waals surface area contributed by atoms with Gasteiger partial charge in [0.15, 0.2) is 5.52 Å². The summed E-state index contributed by atoms with van der Waals surface area (Å²) >= 11 is 2.52. The molecule has 0 aliphatic carbocycles. The number of aromatic hydroxyl groups is 1. The zero-order valence-corrected chi connectivity index (χ0v) is 11.6. The maximum Gasteiger partial charge on any atom is 0.310 e. The summed E-state index contributed by atoms with van der Waals surface area (Å²) in [6, 6.07) is 10.2. The third-order valence-electron chi connectivity index (χ3n) is 2.71. The van der Waals surface area contributed by atoms with Crippen molar-refractivity contribution in [2.75, 3.05) is 0 Å². The molecule has 100 valence electrons. The molecule has 0 spiro atoms. The van der Waals surface area contributed by atoms with Gasteiger partial charge in [0.05, 0.1) is 24.9 Å². The van der Waals surface area contributed by atoms with Crippen LogP contribution in [0.3, 0.4) is 0 Å². The Balaban J connectivity index is 2.14. The van der Waals surface area contributed by atoms with E-state index in [1.54, 1.807) is 35.8 Å². The van der Waals surface area contributed by atoms with Gasteiger partial charge in [-0.15, -0.1) is 11.3 Å². The Morgan fingerprint density at radius 3 is 2.75 bits per heavy atom. The highest BCUT2D eigenvalue weighted by atomic mass is 32.2. The molecular formula is C13H8N2O3S2. The predicted octanol–water partition coefficient (Wildman–Crippen LogP) is 4.06. The zero-order valence-electron chi connectivity index (χ0n) is 10.0. The molecule has 0 fully saturated rings. The number of thiazole rings is 1. The molecular weight excluding hydrogens is 296 g/mol. The molecule has 0 atom stereocenters. The summed E-state index contributed by atoms with van der Waals surface area (Å²) in [5, 5.41) is 21.1. The summed E-state index contributed by atoms with van der Waals surface area (Å²) in [4.78, 5) is 16.0. The van der Waals surface area contributed by atoms with E-state index in [1.807, 2.05) is 6.07 Å². The van der Waals surface area contributed by atoms with Crippen LogP contribution in [0.1, 0.15) is 0 Å². The van der Waals surface area contributed by atoms with E-state index < -0.39 is 4.92 Å². The number of nitrogens with zero attached hydrogens (tertiary/aromatic N) is 2. The molecule has 0 aliphatic heterocycles. The van der Waals surface area contributed by atoms with Crippen LogP contribution >= 0.6 is 23.1 Å². The molecule has 1 heterocycles. The van der Waals surface area contributed by atoms with Crippen LogP contribution < -0.4 is 0 Å². The van der Waals surface area contributed by atoms with Crippen LogP contribution in [-0.4, -0.2) is 15.0 Å². The van der Waals surface area contributed by atoms with Gasteiger partial charge in [0.1, 0.15) is 5.75 Å². The Morgan fingerprint density at radius 2 is 2.00 bits per heavy atom. The number of hydrogen-bond donors (Lipinski definition) is 1. The maximum absolute atomic E-state index is 11.3. The topological polar surface area (TPSA) is 76.3 Å². The first-order valence-electron chi connectivity index (χ1n) is 5.63. The summed E-state index contributed by atoms with van der Waals surface area (Å²) < 4.78 is 0.776. The monoisotopic (exact) mass is 304 g/mol. The van der Waals surface area contributed by atoms with Crippen LogP contribution in [0, 0.1) is 10.1 Å². The fraction of sp³-hybridized carbons (Fsp3) is 0. The number of phenols is 1. The number of fused-ring (bicyclic) bond motifs is 1. The molecule has 1 aromatic heterocycles. The molecule has 0 unspecified atom stereocenters. The number of nitro benzene ring substituents is 1. The van der Waals surface area contributed by atoms with E-state index in [0.29, 0.717) is 15.3 Å². The third kappa shape index (κ3) is 2.21. The van der Waals surface area contributed by atoms with Gasteiger partial charge in [0.25, 0.3) is 0 Å². The molecule has 5 nitrogen and oxygen atoms in total. The van der Waals surface area contributed by atoms with Crippen molar-refractivity contribution < 1.29 is 10.0 Å². The molecule has 0 aliphatic rings. The summed E-state index contributed by atoms with van der Waals surface area (Å²) in [6.07, 6.45) is 0. The minimum Gasteiger partial charge on any atom is -0.507 e. The molecule has 2 aromatic carbocycles. The first-order valence-corrected chi connectivity index (χ1v) is 7.33. The fourth-order valence-electron chi connectivity index (χ4n) is 1.82. The number of benzene rings is 2. The lowest BCUT2D eigenvalue weighted by Gasteiger charge is -2.05. The van der Waals surface area contributed by atoms with Gasteiger partial charge in [-0.1, -0.05) is 23.9 Å². The highest BCUT2D eigenvalue weighted by Crippen LogP contribution is 2.42. The van der Waals surface area contributed by atoms with Crippen LogP contribution in [0.25, 0.3) is 10.2 Å². The summed E-state index contributed by atoms with van der Waals surface area (Å²) in [6.45, 7) is 0. The van der Waals surface area contributed by atoms with Gasteiger partial charge < -0.3 is 5.11 Å². The highest BCUT2D eigenvalue weighted by Gasteiger charge is 2.21. The molecule has 7 heteroatoms. The second kappa shape index (κ2) is 5.10. The number of para-hydroxylation sites is 1. The van der Waals surface area contributed by atoms with E-state index in [9.17, 15) is 15.2 Å². The lowest BCUT2D eigenvalue weighted by molar-refractivity contribution is -0.386. The van der Waals surface area contributed by atoms with Crippen LogP contribution in [0.2, 0.25) is 0 Å². The maximum atomic E-state index is 11.3. The molecule has 3 aromatic rings. The van der Waals surface area contributed by atoms with Gasteiger partial charge in [-0.25, -0.2) is 4.98 Å². The molecule has 1 N–H and O–H groups in total. The van der Waals surface area contributed by atoms with Gasteiger partial charge >= 0.3 is 5.69 Å². The van der Waals surface area contributed by atoms with Gasteiger partial charge in [-0.3, -0.25) is 10.1 Å². The van der Waals surface area contributed by atoms with Crippen LogP contribution in [-0.2, 0) is 0 Å². The highest BCUT2D eigenvalue weighted by molar-refractivity contribution is 7.99. The minimum atomic E-state index is -0.426. The zero-order chi connectivity index (χ0) is 14.1. The largest absolute Gasteiger partial charge is 0.507 e. The number of hydrogen-bond acceptors (Lipinski definition) is 6. The average molecular weight is 304 g/mol. The Morgan fingerprint density at radius 1 is 1.20 bits per heavy atom. The van der Waals surface area contributed by atoms with Crippen molar-refractivity contribution in [1.29, 1.82) is 0 Å². The van der Waals surface area contributed by atoms with E-state index in [4.69, 9.17) is 0 Å². The van der Waals surface area contributed by atoms with Crippen molar-refractivity contribution in [3.63, 3.8) is 0 Å². The van der Waals surface area contributed by atoms with E-state index >= 15 is 0 Å². The van der Waals surface area contributed by atoms with Crippen molar-refractivity contribution in [2.24, 2.45) is 0 Å². The number of phenolic OH excluding ortho intramolecular Hbond substituents is 1. The van der Waals surface area contributed by atoms with Crippen LogP contribution in [0.15, 0.2) is 51.7 Å². The average Bonchev–Trinajstić information content (AvgIpc) is 2.88. The minimum absolute atomic E-state index is 0.0167. The van der Waals surface area contributed by atoms with E-state index in [2.05, 4.69) is 4.98 Å². The van der Waals surface area contributed by atoms with Gasteiger partial charge in [-0.05, 0) is 24.3 Å². The lowest BCUT2D eigenvalue weighted by atomic mass is 10.3. The Hall–Kier alpha value is -2.12. The second-order valence-corrected chi connectivity index (χ2v) is 5.91. The van der Waals surface area contributed by atoms with Crippen molar-refractivity contribution in [1.82, 2.24) is 4.98 Å². The number of nitro groups is 1. The number of aromatic nitrogens is 1. The molecule has 0 radical (unpaired) electrons.